The van der Waals surface area contributed by atoms with Gasteiger partial charge in [-0.25, -0.2) is 4.79 Å². The first-order valence-corrected chi connectivity index (χ1v) is 5.88. The second kappa shape index (κ2) is 8.74. The number of benzene rings is 1. The molecule has 1 rings (SSSR count). The first-order chi connectivity index (χ1) is 9.22. The Bertz CT molecular complexity index is 428. The van der Waals surface area contributed by atoms with Crippen molar-refractivity contribution >= 4 is 12.1 Å². The minimum Gasteiger partial charge on any atom is -0.469 e. The lowest BCUT2D eigenvalue weighted by Gasteiger charge is -2.05. The van der Waals surface area contributed by atoms with E-state index in [0.717, 1.165) is 5.56 Å². The van der Waals surface area contributed by atoms with E-state index in [9.17, 15) is 9.59 Å². The number of methoxy groups -OCH3 is 1. The fourth-order valence-electron chi connectivity index (χ4n) is 1.26. The molecule has 1 amide bonds. The van der Waals surface area contributed by atoms with Crippen LogP contribution in [0.5, 0.6) is 0 Å². The Balaban J connectivity index is 2.13. The van der Waals surface area contributed by atoms with Gasteiger partial charge in [-0.3, -0.25) is 4.79 Å². The summed E-state index contributed by atoms with van der Waals surface area (Å²) in [5.74, 6) is -0.317. The molecule has 0 saturated carbocycles. The minimum absolute atomic E-state index is 0.192. The molecule has 1 aromatic carbocycles. The standard InChI is InChI=1S/C14H17NO4/c1-18-13(16)9-5-6-10-15-14(17)19-11-12-7-3-2-4-8-12/h2-8H,9-11H2,1H3,(H,15,17)/b6-5+. The number of carbonyl (C=O) groups excluding carboxylic acids is 2. The van der Waals surface area contributed by atoms with Crippen LogP contribution < -0.4 is 5.32 Å². The maximum absolute atomic E-state index is 11.3. The van der Waals surface area contributed by atoms with Crippen molar-refractivity contribution in [3.05, 3.63) is 48.0 Å². The molecule has 0 spiro atoms. The van der Waals surface area contributed by atoms with Gasteiger partial charge in [0.2, 0.25) is 0 Å². The molecule has 0 aliphatic carbocycles. The van der Waals surface area contributed by atoms with Crippen molar-refractivity contribution in [2.24, 2.45) is 0 Å². The molecule has 0 heterocycles. The summed E-state index contributed by atoms with van der Waals surface area (Å²) >= 11 is 0. The number of hydrogen-bond donors (Lipinski definition) is 1. The summed E-state index contributed by atoms with van der Waals surface area (Å²) in [7, 11) is 1.33. The van der Waals surface area contributed by atoms with Crippen LogP contribution in [0.25, 0.3) is 0 Å². The second-order valence-electron chi connectivity index (χ2n) is 3.69. The molecule has 19 heavy (non-hydrogen) atoms. The number of esters is 1. The van der Waals surface area contributed by atoms with E-state index in [4.69, 9.17) is 4.74 Å². The van der Waals surface area contributed by atoms with Crippen LogP contribution in [-0.4, -0.2) is 25.7 Å². The van der Waals surface area contributed by atoms with Gasteiger partial charge in [0, 0.05) is 6.54 Å². The Kier molecular flexibility index (Phi) is 6.79. The highest BCUT2D eigenvalue weighted by atomic mass is 16.5. The maximum atomic E-state index is 11.3. The fraction of sp³-hybridized carbons (Fsp3) is 0.286. The number of rotatable bonds is 6. The number of nitrogens with one attached hydrogen (secondary N) is 1. The molecule has 0 bridgehead atoms. The molecule has 1 aromatic rings. The predicted molar refractivity (Wildman–Crippen MR) is 70.4 cm³/mol. The van der Waals surface area contributed by atoms with Crippen LogP contribution in [0.1, 0.15) is 12.0 Å². The molecule has 0 aliphatic heterocycles. The van der Waals surface area contributed by atoms with Crippen LogP contribution in [0.15, 0.2) is 42.5 Å². The van der Waals surface area contributed by atoms with Crippen LogP contribution in [0.2, 0.25) is 0 Å². The van der Waals surface area contributed by atoms with E-state index in [1.165, 1.54) is 7.11 Å². The highest BCUT2D eigenvalue weighted by Crippen LogP contribution is 2.00. The van der Waals surface area contributed by atoms with Gasteiger partial charge in [-0.05, 0) is 5.56 Å². The zero-order chi connectivity index (χ0) is 13.9. The lowest BCUT2D eigenvalue weighted by molar-refractivity contribution is -0.139. The van der Waals surface area contributed by atoms with Crippen molar-refractivity contribution < 1.29 is 19.1 Å². The summed E-state index contributed by atoms with van der Waals surface area (Å²) in [5.41, 5.74) is 0.930. The monoisotopic (exact) mass is 263 g/mol. The van der Waals surface area contributed by atoms with E-state index in [1.54, 1.807) is 12.2 Å². The van der Waals surface area contributed by atoms with Gasteiger partial charge in [-0.2, -0.15) is 0 Å². The van der Waals surface area contributed by atoms with Gasteiger partial charge in [-0.15, -0.1) is 0 Å². The molecule has 0 fully saturated rings. The lowest BCUT2D eigenvalue weighted by atomic mass is 10.2. The second-order valence-corrected chi connectivity index (χ2v) is 3.69. The van der Waals surface area contributed by atoms with Gasteiger partial charge in [-0.1, -0.05) is 42.5 Å². The topological polar surface area (TPSA) is 64.6 Å². The number of ether oxygens (including phenoxy) is 2. The fourth-order valence-corrected chi connectivity index (χ4v) is 1.26. The number of alkyl carbamates (subject to hydrolysis) is 1. The summed E-state index contributed by atoms with van der Waals surface area (Å²) in [6, 6.07) is 9.42. The number of amides is 1. The molecule has 0 unspecified atom stereocenters. The first-order valence-electron chi connectivity index (χ1n) is 5.88. The Hall–Kier alpha value is -2.30. The minimum atomic E-state index is -0.494. The van der Waals surface area contributed by atoms with Crippen LogP contribution >= 0.6 is 0 Å². The third-order valence-electron chi connectivity index (χ3n) is 2.26. The van der Waals surface area contributed by atoms with Crippen molar-refractivity contribution in [3.63, 3.8) is 0 Å². The van der Waals surface area contributed by atoms with Gasteiger partial charge >= 0.3 is 12.1 Å². The van der Waals surface area contributed by atoms with E-state index >= 15 is 0 Å². The van der Waals surface area contributed by atoms with E-state index in [0.29, 0.717) is 6.54 Å². The Morgan fingerprint density at radius 3 is 2.63 bits per heavy atom. The highest BCUT2D eigenvalue weighted by Gasteiger charge is 2.00. The summed E-state index contributed by atoms with van der Waals surface area (Å²) in [6.07, 6.45) is 2.99. The van der Waals surface area contributed by atoms with Crippen molar-refractivity contribution in [3.8, 4) is 0 Å². The Labute approximate surface area is 112 Å². The normalized spacial score (nSPS) is 10.2. The maximum Gasteiger partial charge on any atom is 0.407 e. The zero-order valence-corrected chi connectivity index (χ0v) is 10.8. The molecule has 0 aliphatic rings. The molecule has 0 saturated heterocycles. The predicted octanol–water partition coefficient (Wildman–Crippen LogP) is 2.03. The van der Waals surface area contributed by atoms with Gasteiger partial charge in [0.25, 0.3) is 0 Å². The molecular formula is C14H17NO4. The van der Waals surface area contributed by atoms with Gasteiger partial charge in [0.15, 0.2) is 0 Å². The third-order valence-corrected chi connectivity index (χ3v) is 2.26. The third kappa shape index (κ3) is 6.88. The molecule has 0 atom stereocenters. The van der Waals surface area contributed by atoms with E-state index in [2.05, 4.69) is 10.1 Å². The summed E-state index contributed by atoms with van der Waals surface area (Å²) in [4.78, 5) is 22.1. The molecule has 5 nitrogen and oxygen atoms in total. The van der Waals surface area contributed by atoms with Crippen molar-refractivity contribution in [2.75, 3.05) is 13.7 Å². The summed E-state index contributed by atoms with van der Waals surface area (Å²) < 4.78 is 9.46. The molecule has 0 radical (unpaired) electrons. The first kappa shape index (κ1) is 14.8. The largest absolute Gasteiger partial charge is 0.469 e. The Morgan fingerprint density at radius 2 is 1.95 bits per heavy atom. The highest BCUT2D eigenvalue weighted by molar-refractivity contribution is 5.71. The average Bonchev–Trinajstić information content (AvgIpc) is 2.45. The molecule has 102 valence electrons. The van der Waals surface area contributed by atoms with Crippen LogP contribution in [0, 0.1) is 0 Å². The van der Waals surface area contributed by atoms with E-state index in [-0.39, 0.29) is 19.0 Å². The lowest BCUT2D eigenvalue weighted by Crippen LogP contribution is -2.24. The van der Waals surface area contributed by atoms with Gasteiger partial charge in [0.05, 0.1) is 13.5 Å². The van der Waals surface area contributed by atoms with Crippen LogP contribution in [0.3, 0.4) is 0 Å². The molecule has 1 N–H and O–H groups in total. The van der Waals surface area contributed by atoms with E-state index < -0.39 is 6.09 Å². The van der Waals surface area contributed by atoms with Crippen molar-refractivity contribution in [2.45, 2.75) is 13.0 Å². The van der Waals surface area contributed by atoms with Crippen molar-refractivity contribution in [1.82, 2.24) is 5.32 Å². The summed E-state index contributed by atoms with van der Waals surface area (Å²) in [5, 5.41) is 2.54. The SMILES string of the molecule is COC(=O)C/C=C/CNC(=O)OCc1ccccc1. The van der Waals surface area contributed by atoms with Gasteiger partial charge < -0.3 is 14.8 Å². The average molecular weight is 263 g/mol. The summed E-state index contributed by atoms with van der Waals surface area (Å²) in [6.45, 7) is 0.545. The van der Waals surface area contributed by atoms with Crippen LogP contribution in [-0.2, 0) is 20.9 Å². The van der Waals surface area contributed by atoms with Crippen LogP contribution in [0.4, 0.5) is 4.79 Å². The van der Waals surface area contributed by atoms with E-state index in [1.807, 2.05) is 30.3 Å². The molecule has 5 heteroatoms. The smallest absolute Gasteiger partial charge is 0.407 e. The quantitative estimate of drug-likeness (QED) is 0.630. The Morgan fingerprint density at radius 1 is 1.21 bits per heavy atom. The number of hydrogen-bond acceptors (Lipinski definition) is 4. The zero-order valence-electron chi connectivity index (χ0n) is 10.8. The number of carbonyl (C=O) groups is 2. The van der Waals surface area contributed by atoms with Crippen molar-refractivity contribution in [1.29, 1.82) is 0 Å². The van der Waals surface area contributed by atoms with Gasteiger partial charge in [0.1, 0.15) is 6.61 Å². The molecule has 0 aromatic heterocycles. The molecular weight excluding hydrogens is 246 g/mol.